The molecule has 0 saturated carbocycles. The molecule has 5 heteroatoms. The first-order chi connectivity index (χ1) is 11.1. The van der Waals surface area contributed by atoms with Crippen molar-refractivity contribution >= 4 is 5.97 Å². The average Bonchev–Trinajstić information content (AvgIpc) is 2.57. The third kappa shape index (κ3) is 13.5. The van der Waals surface area contributed by atoms with Crippen LogP contribution in [0, 0.1) is 5.41 Å². The monoisotopic (exact) mass is 332 g/mol. The third-order valence-electron chi connectivity index (χ3n) is 4.13. The lowest BCUT2D eigenvalue weighted by Gasteiger charge is -2.23. The lowest BCUT2D eigenvalue weighted by Crippen LogP contribution is -2.32. The topological polar surface area (TPSA) is 87.0 Å². The van der Waals surface area contributed by atoms with Gasteiger partial charge >= 0.3 is 5.97 Å². The first kappa shape index (κ1) is 22.4. The summed E-state index contributed by atoms with van der Waals surface area (Å²) in [7, 11) is 0. The van der Waals surface area contributed by atoms with Crippen LogP contribution in [-0.2, 0) is 9.53 Å². The van der Waals surface area contributed by atoms with E-state index in [4.69, 9.17) is 20.1 Å². The van der Waals surface area contributed by atoms with Gasteiger partial charge in [0.05, 0.1) is 13.2 Å². The Balaban J connectivity index is 3.36. The summed E-state index contributed by atoms with van der Waals surface area (Å²) in [6.45, 7) is 1.66. The highest BCUT2D eigenvalue weighted by Crippen LogP contribution is 2.15. The van der Waals surface area contributed by atoms with Crippen LogP contribution < -0.4 is 0 Å². The number of aliphatic hydroxyl groups is 3. The number of carbonyl (C=O) groups is 1. The van der Waals surface area contributed by atoms with Crippen molar-refractivity contribution < 1.29 is 24.9 Å². The van der Waals surface area contributed by atoms with Crippen LogP contribution in [0.1, 0.15) is 77.6 Å². The molecule has 0 aliphatic heterocycles. The fraction of sp³-hybridized carbons (Fsp3) is 0.944. The second-order valence-electron chi connectivity index (χ2n) is 6.80. The Morgan fingerprint density at radius 2 is 1.22 bits per heavy atom. The van der Waals surface area contributed by atoms with Gasteiger partial charge in [-0.15, -0.1) is 0 Å². The molecule has 0 aromatic carbocycles. The summed E-state index contributed by atoms with van der Waals surface area (Å²) in [6.07, 6.45) is 11.7. The SMILES string of the molecule is CC(CO)(CO)COC(=O)CCCCCCCCCCCCO. The molecule has 0 aromatic heterocycles. The van der Waals surface area contributed by atoms with Crippen molar-refractivity contribution in [3.8, 4) is 0 Å². The van der Waals surface area contributed by atoms with Crippen molar-refractivity contribution in [1.29, 1.82) is 0 Å². The second-order valence-corrected chi connectivity index (χ2v) is 6.80. The van der Waals surface area contributed by atoms with Crippen LogP contribution in [0.15, 0.2) is 0 Å². The number of unbranched alkanes of at least 4 members (excludes halogenated alkanes) is 9. The number of carbonyl (C=O) groups excluding carboxylic acids is 1. The van der Waals surface area contributed by atoms with Gasteiger partial charge in [0.15, 0.2) is 0 Å². The summed E-state index contributed by atoms with van der Waals surface area (Å²) in [5.41, 5.74) is -0.743. The molecule has 0 amide bonds. The van der Waals surface area contributed by atoms with E-state index in [9.17, 15) is 4.79 Å². The smallest absolute Gasteiger partial charge is 0.305 e. The van der Waals surface area contributed by atoms with Crippen LogP contribution in [0.25, 0.3) is 0 Å². The second kappa shape index (κ2) is 14.9. The highest BCUT2D eigenvalue weighted by atomic mass is 16.5. The Hall–Kier alpha value is -0.650. The zero-order valence-corrected chi connectivity index (χ0v) is 14.8. The highest BCUT2D eigenvalue weighted by molar-refractivity contribution is 5.69. The predicted octanol–water partition coefficient (Wildman–Crippen LogP) is 2.80. The molecular weight excluding hydrogens is 296 g/mol. The van der Waals surface area contributed by atoms with Gasteiger partial charge in [-0.1, -0.05) is 58.3 Å². The van der Waals surface area contributed by atoms with Crippen molar-refractivity contribution in [2.45, 2.75) is 77.6 Å². The Labute approximate surface area is 141 Å². The average molecular weight is 332 g/mol. The lowest BCUT2D eigenvalue weighted by molar-refractivity contribution is -0.149. The summed E-state index contributed by atoms with van der Waals surface area (Å²) in [5.74, 6) is -0.248. The molecule has 0 saturated heterocycles. The highest BCUT2D eigenvalue weighted by Gasteiger charge is 2.24. The summed E-state index contributed by atoms with van der Waals surface area (Å²) in [6, 6.07) is 0. The molecule has 0 radical (unpaired) electrons. The Morgan fingerprint density at radius 1 is 0.783 bits per heavy atom. The standard InChI is InChI=1S/C18H36O5/c1-18(14-20,15-21)16-23-17(22)12-10-8-6-4-2-3-5-7-9-11-13-19/h19-21H,2-16H2,1H3. The van der Waals surface area contributed by atoms with E-state index >= 15 is 0 Å². The first-order valence-corrected chi connectivity index (χ1v) is 9.06. The van der Waals surface area contributed by atoms with Gasteiger partial charge in [-0.2, -0.15) is 0 Å². The maximum absolute atomic E-state index is 11.6. The van der Waals surface area contributed by atoms with Crippen molar-refractivity contribution in [2.75, 3.05) is 26.4 Å². The third-order valence-corrected chi connectivity index (χ3v) is 4.13. The van der Waals surface area contributed by atoms with E-state index in [1.54, 1.807) is 6.92 Å². The van der Waals surface area contributed by atoms with Gasteiger partial charge < -0.3 is 20.1 Å². The molecular formula is C18H36O5. The molecule has 0 aliphatic carbocycles. The van der Waals surface area contributed by atoms with E-state index in [1.807, 2.05) is 0 Å². The minimum atomic E-state index is -0.743. The van der Waals surface area contributed by atoms with Crippen molar-refractivity contribution in [1.82, 2.24) is 0 Å². The van der Waals surface area contributed by atoms with Crippen LogP contribution in [0.5, 0.6) is 0 Å². The van der Waals surface area contributed by atoms with Crippen LogP contribution in [-0.4, -0.2) is 47.7 Å². The number of aliphatic hydroxyl groups excluding tert-OH is 3. The molecule has 5 nitrogen and oxygen atoms in total. The summed E-state index contributed by atoms with van der Waals surface area (Å²) < 4.78 is 5.10. The normalized spacial score (nSPS) is 11.7. The van der Waals surface area contributed by atoms with E-state index in [0.717, 1.165) is 32.1 Å². The maximum Gasteiger partial charge on any atom is 0.305 e. The fourth-order valence-corrected chi connectivity index (χ4v) is 2.26. The minimum Gasteiger partial charge on any atom is -0.465 e. The summed E-state index contributed by atoms with van der Waals surface area (Å²) in [4.78, 5) is 11.6. The fourth-order valence-electron chi connectivity index (χ4n) is 2.26. The van der Waals surface area contributed by atoms with Gasteiger partial charge in [-0.25, -0.2) is 0 Å². The molecule has 0 atom stereocenters. The lowest BCUT2D eigenvalue weighted by atomic mass is 9.94. The van der Waals surface area contributed by atoms with E-state index in [1.165, 1.54) is 32.1 Å². The van der Waals surface area contributed by atoms with E-state index in [0.29, 0.717) is 13.0 Å². The van der Waals surface area contributed by atoms with Crippen LogP contribution >= 0.6 is 0 Å². The first-order valence-electron chi connectivity index (χ1n) is 9.06. The Bertz CT molecular complexity index is 277. The number of esters is 1. The van der Waals surface area contributed by atoms with Crippen LogP contribution in [0.2, 0.25) is 0 Å². The molecule has 0 fully saturated rings. The van der Waals surface area contributed by atoms with Crippen molar-refractivity contribution in [3.05, 3.63) is 0 Å². The number of hydrogen-bond donors (Lipinski definition) is 3. The van der Waals surface area contributed by atoms with Gasteiger partial charge in [-0.3, -0.25) is 4.79 Å². The van der Waals surface area contributed by atoms with Gasteiger partial charge in [0, 0.05) is 18.4 Å². The summed E-state index contributed by atoms with van der Waals surface area (Å²) in [5, 5.41) is 26.9. The van der Waals surface area contributed by atoms with E-state index in [2.05, 4.69) is 0 Å². The van der Waals surface area contributed by atoms with Crippen molar-refractivity contribution in [2.24, 2.45) is 5.41 Å². The molecule has 3 N–H and O–H groups in total. The largest absolute Gasteiger partial charge is 0.465 e. The van der Waals surface area contributed by atoms with Gasteiger partial charge in [0.25, 0.3) is 0 Å². The van der Waals surface area contributed by atoms with Gasteiger partial charge in [-0.05, 0) is 12.8 Å². The zero-order valence-electron chi connectivity index (χ0n) is 14.8. The van der Waals surface area contributed by atoms with Gasteiger partial charge in [0.1, 0.15) is 6.61 Å². The summed E-state index contributed by atoms with van der Waals surface area (Å²) >= 11 is 0. The molecule has 0 aliphatic rings. The van der Waals surface area contributed by atoms with E-state index < -0.39 is 5.41 Å². The molecule has 0 unspecified atom stereocenters. The molecule has 0 rings (SSSR count). The molecule has 23 heavy (non-hydrogen) atoms. The molecule has 138 valence electrons. The van der Waals surface area contributed by atoms with E-state index in [-0.39, 0.29) is 25.8 Å². The number of ether oxygens (including phenoxy) is 1. The molecule has 0 aromatic rings. The Kier molecular flexibility index (Phi) is 14.5. The molecule has 0 spiro atoms. The maximum atomic E-state index is 11.6. The number of rotatable bonds is 16. The quantitative estimate of drug-likeness (QED) is 0.299. The van der Waals surface area contributed by atoms with Crippen LogP contribution in [0.3, 0.4) is 0 Å². The van der Waals surface area contributed by atoms with Crippen LogP contribution in [0.4, 0.5) is 0 Å². The zero-order chi connectivity index (χ0) is 17.4. The molecule has 0 bridgehead atoms. The number of hydrogen-bond acceptors (Lipinski definition) is 5. The minimum absolute atomic E-state index is 0.0646. The van der Waals surface area contributed by atoms with Crippen molar-refractivity contribution in [3.63, 3.8) is 0 Å². The molecule has 0 heterocycles. The predicted molar refractivity (Wildman–Crippen MR) is 91.1 cm³/mol. The Morgan fingerprint density at radius 3 is 1.65 bits per heavy atom. The van der Waals surface area contributed by atoms with Gasteiger partial charge in [0.2, 0.25) is 0 Å².